The third-order valence-corrected chi connectivity index (χ3v) is 7.31. The summed E-state index contributed by atoms with van der Waals surface area (Å²) < 4.78 is 32.9. The Bertz CT molecular complexity index is 603. The van der Waals surface area contributed by atoms with Gasteiger partial charge >= 0.3 is 0 Å². The van der Waals surface area contributed by atoms with Crippen LogP contribution in [0.4, 0.5) is 0 Å². The second kappa shape index (κ2) is 6.61. The van der Waals surface area contributed by atoms with Gasteiger partial charge in [0.2, 0.25) is 21.8 Å². The van der Waals surface area contributed by atoms with Gasteiger partial charge in [-0.3, -0.25) is 9.59 Å². The molecule has 24 heavy (non-hydrogen) atoms. The Balaban J connectivity index is 1.60. The molecule has 0 aromatic heterocycles. The SMILES string of the molecule is NC(=O)C1(NS(=O)(=O)C2CN(C(=O)C3CCCC3)C2)CCOCC1. The lowest BCUT2D eigenvalue weighted by atomic mass is 9.91. The molecule has 136 valence electrons. The standard InChI is InChI=1S/C15H25N3O5S/c16-14(20)15(5-7-23-8-6-15)17-24(21,22)12-9-18(10-12)13(19)11-3-1-2-4-11/h11-12,17H,1-10H2,(H2,16,20). The van der Waals surface area contributed by atoms with E-state index in [1.54, 1.807) is 4.90 Å². The van der Waals surface area contributed by atoms with Crippen molar-refractivity contribution in [3.05, 3.63) is 0 Å². The smallest absolute Gasteiger partial charge is 0.238 e. The molecule has 0 aromatic carbocycles. The van der Waals surface area contributed by atoms with Crippen LogP contribution >= 0.6 is 0 Å². The zero-order valence-electron chi connectivity index (χ0n) is 13.7. The van der Waals surface area contributed by atoms with E-state index < -0.39 is 26.7 Å². The largest absolute Gasteiger partial charge is 0.381 e. The van der Waals surface area contributed by atoms with Gasteiger partial charge in [0, 0.05) is 32.2 Å². The van der Waals surface area contributed by atoms with Gasteiger partial charge in [0.1, 0.15) is 10.8 Å². The van der Waals surface area contributed by atoms with E-state index in [4.69, 9.17) is 10.5 Å². The van der Waals surface area contributed by atoms with Crippen molar-refractivity contribution in [2.24, 2.45) is 11.7 Å². The number of nitrogens with two attached hydrogens (primary N) is 1. The average Bonchev–Trinajstić information content (AvgIpc) is 2.99. The lowest BCUT2D eigenvalue weighted by Gasteiger charge is -2.42. The number of sulfonamides is 1. The molecule has 2 heterocycles. The highest BCUT2D eigenvalue weighted by Gasteiger charge is 2.48. The summed E-state index contributed by atoms with van der Waals surface area (Å²) in [6.07, 6.45) is 4.40. The third-order valence-electron chi connectivity index (χ3n) is 5.46. The lowest BCUT2D eigenvalue weighted by molar-refractivity contribution is -0.138. The number of nitrogens with one attached hydrogen (secondary N) is 1. The fourth-order valence-electron chi connectivity index (χ4n) is 3.72. The van der Waals surface area contributed by atoms with Crippen LogP contribution in [0.2, 0.25) is 0 Å². The van der Waals surface area contributed by atoms with Gasteiger partial charge in [-0.15, -0.1) is 0 Å². The number of carbonyl (C=O) groups is 2. The van der Waals surface area contributed by atoms with Gasteiger partial charge < -0.3 is 15.4 Å². The summed E-state index contributed by atoms with van der Waals surface area (Å²) in [6, 6.07) is 0. The molecule has 1 aliphatic carbocycles. The van der Waals surface area contributed by atoms with Crippen LogP contribution in [-0.2, 0) is 24.3 Å². The van der Waals surface area contributed by atoms with Crippen LogP contribution in [0.5, 0.6) is 0 Å². The van der Waals surface area contributed by atoms with Crippen LogP contribution in [0.1, 0.15) is 38.5 Å². The number of carbonyl (C=O) groups excluding carboxylic acids is 2. The first kappa shape index (κ1) is 17.6. The van der Waals surface area contributed by atoms with Crippen molar-refractivity contribution in [1.29, 1.82) is 0 Å². The zero-order chi connectivity index (χ0) is 17.4. The van der Waals surface area contributed by atoms with Crippen molar-refractivity contribution in [1.82, 2.24) is 9.62 Å². The van der Waals surface area contributed by atoms with Crippen LogP contribution in [0.25, 0.3) is 0 Å². The molecule has 1 saturated carbocycles. The first-order valence-electron chi connectivity index (χ1n) is 8.53. The molecular weight excluding hydrogens is 334 g/mol. The minimum Gasteiger partial charge on any atom is -0.381 e. The first-order chi connectivity index (χ1) is 11.3. The van der Waals surface area contributed by atoms with E-state index in [1.807, 2.05) is 0 Å². The first-order valence-corrected chi connectivity index (χ1v) is 10.1. The summed E-state index contributed by atoms with van der Waals surface area (Å²) in [4.78, 5) is 25.7. The Morgan fingerprint density at radius 3 is 2.25 bits per heavy atom. The molecule has 8 nitrogen and oxygen atoms in total. The minimum absolute atomic E-state index is 0.0501. The van der Waals surface area contributed by atoms with Crippen LogP contribution < -0.4 is 10.5 Å². The van der Waals surface area contributed by atoms with Crippen LogP contribution in [0.3, 0.4) is 0 Å². The van der Waals surface area contributed by atoms with Crippen molar-refractivity contribution in [2.75, 3.05) is 26.3 Å². The van der Waals surface area contributed by atoms with Gasteiger partial charge in [0.15, 0.2) is 0 Å². The second-order valence-corrected chi connectivity index (χ2v) is 9.01. The Kier molecular flexibility index (Phi) is 4.85. The summed E-state index contributed by atoms with van der Waals surface area (Å²) in [5, 5.41) is -0.679. The van der Waals surface area contributed by atoms with Gasteiger partial charge in [0.25, 0.3) is 0 Å². The Labute approximate surface area is 142 Å². The zero-order valence-corrected chi connectivity index (χ0v) is 14.5. The van der Waals surface area contributed by atoms with E-state index in [0.717, 1.165) is 25.7 Å². The fraction of sp³-hybridized carbons (Fsp3) is 0.867. The molecule has 2 amide bonds. The molecule has 2 saturated heterocycles. The molecule has 3 aliphatic rings. The number of hydrogen-bond acceptors (Lipinski definition) is 5. The maximum Gasteiger partial charge on any atom is 0.238 e. The van der Waals surface area contributed by atoms with Crippen molar-refractivity contribution in [2.45, 2.75) is 49.3 Å². The van der Waals surface area contributed by atoms with Gasteiger partial charge in [-0.2, -0.15) is 4.72 Å². The Hall–Kier alpha value is -1.19. The number of nitrogens with zero attached hydrogens (tertiary/aromatic N) is 1. The van der Waals surface area contributed by atoms with Gasteiger partial charge in [-0.05, 0) is 25.7 Å². The second-order valence-electron chi connectivity index (χ2n) is 7.05. The fourth-order valence-corrected chi connectivity index (χ4v) is 5.49. The van der Waals surface area contributed by atoms with E-state index in [-0.39, 0.29) is 37.8 Å². The van der Waals surface area contributed by atoms with Crippen molar-refractivity contribution < 1.29 is 22.7 Å². The number of rotatable bonds is 5. The average molecular weight is 359 g/mol. The topological polar surface area (TPSA) is 119 Å². The molecule has 3 N–H and O–H groups in total. The molecular formula is C15H25N3O5S. The van der Waals surface area contributed by atoms with E-state index in [9.17, 15) is 18.0 Å². The molecule has 0 spiro atoms. The highest BCUT2D eigenvalue weighted by Crippen LogP contribution is 2.30. The van der Waals surface area contributed by atoms with E-state index in [1.165, 1.54) is 0 Å². The summed E-state index contributed by atoms with van der Waals surface area (Å²) in [5.41, 5.74) is 4.17. The number of primary amides is 1. The third kappa shape index (κ3) is 3.29. The van der Waals surface area contributed by atoms with Gasteiger partial charge in [0.05, 0.1) is 0 Å². The molecule has 0 atom stereocenters. The van der Waals surface area contributed by atoms with Crippen molar-refractivity contribution in [3.63, 3.8) is 0 Å². The van der Waals surface area contributed by atoms with Crippen molar-refractivity contribution in [3.8, 4) is 0 Å². The maximum atomic E-state index is 12.6. The highest BCUT2D eigenvalue weighted by molar-refractivity contribution is 7.90. The van der Waals surface area contributed by atoms with Crippen molar-refractivity contribution >= 4 is 21.8 Å². The quantitative estimate of drug-likeness (QED) is 0.675. The summed E-state index contributed by atoms with van der Waals surface area (Å²) in [7, 11) is -3.72. The minimum atomic E-state index is -3.72. The number of hydrogen-bond donors (Lipinski definition) is 2. The number of amides is 2. The maximum absolute atomic E-state index is 12.6. The molecule has 0 bridgehead atoms. The normalized spacial score (nSPS) is 25.4. The van der Waals surface area contributed by atoms with Crippen LogP contribution in [0.15, 0.2) is 0 Å². The van der Waals surface area contributed by atoms with Gasteiger partial charge in [-0.1, -0.05) is 12.8 Å². The summed E-state index contributed by atoms with van der Waals surface area (Å²) in [5.74, 6) is -0.559. The van der Waals surface area contributed by atoms with E-state index in [0.29, 0.717) is 13.2 Å². The molecule has 0 aromatic rings. The molecule has 3 rings (SSSR count). The van der Waals surface area contributed by atoms with E-state index >= 15 is 0 Å². The predicted octanol–water partition coefficient (Wildman–Crippen LogP) is -0.659. The monoisotopic (exact) mass is 359 g/mol. The number of likely N-dealkylation sites (tertiary alicyclic amines) is 1. The predicted molar refractivity (Wildman–Crippen MR) is 86.4 cm³/mol. The summed E-state index contributed by atoms with van der Waals surface area (Å²) >= 11 is 0. The number of ether oxygens (including phenoxy) is 1. The van der Waals surface area contributed by atoms with Gasteiger partial charge in [-0.25, -0.2) is 8.42 Å². The molecule has 9 heteroatoms. The van der Waals surface area contributed by atoms with Crippen LogP contribution in [0, 0.1) is 5.92 Å². The Morgan fingerprint density at radius 1 is 1.12 bits per heavy atom. The van der Waals surface area contributed by atoms with E-state index in [2.05, 4.69) is 4.72 Å². The van der Waals surface area contributed by atoms with Crippen LogP contribution in [-0.4, -0.2) is 62.2 Å². The molecule has 2 aliphatic heterocycles. The molecule has 0 unspecified atom stereocenters. The Morgan fingerprint density at radius 2 is 1.71 bits per heavy atom. The lowest BCUT2D eigenvalue weighted by Crippen LogP contribution is -2.66. The summed E-state index contributed by atoms with van der Waals surface area (Å²) in [6.45, 7) is 0.969. The highest BCUT2D eigenvalue weighted by atomic mass is 32.2. The molecule has 0 radical (unpaired) electrons. The molecule has 3 fully saturated rings.